The minimum Gasteiger partial charge on any atom is -0.395 e. The van der Waals surface area contributed by atoms with Crippen molar-refractivity contribution in [2.24, 2.45) is 0 Å². The van der Waals surface area contributed by atoms with Crippen molar-refractivity contribution >= 4 is 11.6 Å². The normalized spacial score (nSPS) is 21.1. The number of aliphatic hydroxyl groups excluding tert-OH is 1. The first-order valence-corrected chi connectivity index (χ1v) is 6.83. The fraction of sp³-hybridized carbons (Fsp3) is 0.615. The van der Waals surface area contributed by atoms with Crippen LogP contribution in [0, 0.1) is 0 Å². The molecule has 0 aromatic carbocycles. The van der Waals surface area contributed by atoms with Gasteiger partial charge in [0.15, 0.2) is 0 Å². The predicted octanol–water partition coefficient (Wildman–Crippen LogP) is 1.28. The smallest absolute Gasteiger partial charge is 0.0729 e. The van der Waals surface area contributed by atoms with Gasteiger partial charge in [-0.2, -0.15) is 0 Å². The SMILES string of the molecule is OCCNC1CCCN(Cc2ncccc2Cl)C1. The highest BCUT2D eigenvalue weighted by Gasteiger charge is 2.20. The maximum absolute atomic E-state index is 8.83. The summed E-state index contributed by atoms with van der Waals surface area (Å²) in [5.41, 5.74) is 0.946. The molecule has 2 heterocycles. The van der Waals surface area contributed by atoms with Gasteiger partial charge >= 0.3 is 0 Å². The summed E-state index contributed by atoms with van der Waals surface area (Å²) in [6.07, 6.45) is 4.13. The molecule has 0 saturated carbocycles. The zero-order chi connectivity index (χ0) is 12.8. The molecule has 100 valence electrons. The molecule has 1 unspecified atom stereocenters. The molecule has 2 N–H and O–H groups in total. The Labute approximate surface area is 113 Å². The maximum Gasteiger partial charge on any atom is 0.0729 e. The van der Waals surface area contributed by atoms with Gasteiger partial charge in [0.05, 0.1) is 17.3 Å². The number of piperidine rings is 1. The van der Waals surface area contributed by atoms with Gasteiger partial charge in [-0.1, -0.05) is 11.6 Å². The zero-order valence-corrected chi connectivity index (χ0v) is 11.2. The van der Waals surface area contributed by atoms with E-state index in [1.54, 1.807) is 6.20 Å². The van der Waals surface area contributed by atoms with Gasteiger partial charge in [-0.15, -0.1) is 0 Å². The van der Waals surface area contributed by atoms with Gasteiger partial charge in [-0.3, -0.25) is 9.88 Å². The molecule has 5 heteroatoms. The quantitative estimate of drug-likeness (QED) is 0.846. The summed E-state index contributed by atoms with van der Waals surface area (Å²) < 4.78 is 0. The molecule has 1 aliphatic rings. The van der Waals surface area contributed by atoms with E-state index in [0.717, 1.165) is 30.4 Å². The average Bonchev–Trinajstić information content (AvgIpc) is 2.40. The molecule has 1 aromatic rings. The summed E-state index contributed by atoms with van der Waals surface area (Å²) in [5, 5.41) is 12.9. The van der Waals surface area contributed by atoms with Crippen LogP contribution in [0.3, 0.4) is 0 Å². The number of pyridine rings is 1. The molecule has 2 rings (SSSR count). The summed E-state index contributed by atoms with van der Waals surface area (Å²) in [7, 11) is 0. The second-order valence-corrected chi connectivity index (χ2v) is 5.09. The first-order chi connectivity index (χ1) is 8.79. The van der Waals surface area contributed by atoms with E-state index in [-0.39, 0.29) is 6.61 Å². The van der Waals surface area contributed by atoms with Crippen LogP contribution in [0.4, 0.5) is 0 Å². The van der Waals surface area contributed by atoms with Crippen LogP contribution in [0.15, 0.2) is 18.3 Å². The zero-order valence-electron chi connectivity index (χ0n) is 10.5. The molecular weight excluding hydrogens is 250 g/mol. The van der Waals surface area contributed by atoms with Crippen LogP contribution in [0.2, 0.25) is 5.02 Å². The largest absolute Gasteiger partial charge is 0.395 e. The van der Waals surface area contributed by atoms with Gasteiger partial charge in [-0.05, 0) is 31.5 Å². The fourth-order valence-electron chi connectivity index (χ4n) is 2.38. The van der Waals surface area contributed by atoms with Gasteiger partial charge in [0.2, 0.25) is 0 Å². The first-order valence-electron chi connectivity index (χ1n) is 6.45. The van der Waals surface area contributed by atoms with Crippen molar-refractivity contribution in [2.75, 3.05) is 26.2 Å². The number of likely N-dealkylation sites (tertiary alicyclic amines) is 1. The molecule has 0 bridgehead atoms. The van der Waals surface area contributed by atoms with Crippen molar-refractivity contribution in [2.45, 2.75) is 25.4 Å². The molecule has 1 saturated heterocycles. The van der Waals surface area contributed by atoms with Crippen molar-refractivity contribution in [1.82, 2.24) is 15.2 Å². The Balaban J connectivity index is 1.87. The van der Waals surface area contributed by atoms with E-state index in [4.69, 9.17) is 16.7 Å². The summed E-state index contributed by atoms with van der Waals surface area (Å²) in [6.45, 7) is 3.75. The third-order valence-electron chi connectivity index (χ3n) is 3.26. The lowest BCUT2D eigenvalue weighted by atomic mass is 10.1. The third-order valence-corrected chi connectivity index (χ3v) is 3.60. The Morgan fingerprint density at radius 1 is 1.56 bits per heavy atom. The van der Waals surface area contributed by atoms with Crippen molar-refractivity contribution in [3.63, 3.8) is 0 Å². The third kappa shape index (κ3) is 3.92. The second kappa shape index (κ2) is 7.04. The Kier molecular flexibility index (Phi) is 5.38. The monoisotopic (exact) mass is 269 g/mol. The summed E-state index contributed by atoms with van der Waals surface area (Å²) in [5.74, 6) is 0. The first kappa shape index (κ1) is 13.7. The molecule has 0 radical (unpaired) electrons. The highest BCUT2D eigenvalue weighted by atomic mass is 35.5. The molecule has 0 aliphatic carbocycles. The highest BCUT2D eigenvalue weighted by Crippen LogP contribution is 2.17. The Bertz CT molecular complexity index is 375. The van der Waals surface area contributed by atoms with Gasteiger partial charge in [-0.25, -0.2) is 0 Å². The molecule has 1 aliphatic heterocycles. The molecule has 0 spiro atoms. The lowest BCUT2D eigenvalue weighted by Crippen LogP contribution is -2.46. The van der Waals surface area contributed by atoms with Crippen LogP contribution in [0.25, 0.3) is 0 Å². The number of hydrogen-bond acceptors (Lipinski definition) is 4. The van der Waals surface area contributed by atoms with Crippen LogP contribution >= 0.6 is 11.6 Å². The van der Waals surface area contributed by atoms with E-state index < -0.39 is 0 Å². The number of nitrogens with one attached hydrogen (secondary N) is 1. The maximum atomic E-state index is 8.83. The molecule has 1 fully saturated rings. The van der Waals surface area contributed by atoms with E-state index in [2.05, 4.69) is 15.2 Å². The summed E-state index contributed by atoms with van der Waals surface area (Å²) in [4.78, 5) is 6.69. The lowest BCUT2D eigenvalue weighted by molar-refractivity contribution is 0.175. The van der Waals surface area contributed by atoms with Crippen LogP contribution in [0.1, 0.15) is 18.5 Å². The van der Waals surface area contributed by atoms with Gasteiger partial charge in [0, 0.05) is 31.9 Å². The van der Waals surface area contributed by atoms with Crippen molar-refractivity contribution in [3.05, 3.63) is 29.0 Å². The van der Waals surface area contributed by atoms with Crippen molar-refractivity contribution in [3.8, 4) is 0 Å². The topological polar surface area (TPSA) is 48.4 Å². The van der Waals surface area contributed by atoms with Crippen LogP contribution < -0.4 is 5.32 Å². The molecule has 0 amide bonds. The van der Waals surface area contributed by atoms with Crippen LogP contribution in [0.5, 0.6) is 0 Å². The van der Waals surface area contributed by atoms with E-state index in [1.807, 2.05) is 12.1 Å². The minimum atomic E-state index is 0.197. The molecular formula is C13H20ClN3O. The number of nitrogens with zero attached hydrogens (tertiary/aromatic N) is 2. The standard InChI is InChI=1S/C13H20ClN3O/c14-12-4-1-5-16-13(12)10-17-7-2-3-11(9-17)15-6-8-18/h1,4-5,11,15,18H,2-3,6-10H2. The van der Waals surface area contributed by atoms with Crippen molar-refractivity contribution < 1.29 is 5.11 Å². The molecule has 1 atom stereocenters. The number of halogens is 1. The van der Waals surface area contributed by atoms with Crippen LogP contribution in [-0.4, -0.2) is 47.3 Å². The highest BCUT2D eigenvalue weighted by molar-refractivity contribution is 6.31. The molecule has 18 heavy (non-hydrogen) atoms. The van der Waals surface area contributed by atoms with E-state index >= 15 is 0 Å². The number of rotatable bonds is 5. The summed E-state index contributed by atoms with van der Waals surface area (Å²) in [6, 6.07) is 4.21. The number of hydrogen-bond donors (Lipinski definition) is 2. The molecule has 4 nitrogen and oxygen atoms in total. The average molecular weight is 270 g/mol. The van der Waals surface area contributed by atoms with Gasteiger partial charge < -0.3 is 10.4 Å². The second-order valence-electron chi connectivity index (χ2n) is 4.68. The van der Waals surface area contributed by atoms with Crippen LogP contribution in [-0.2, 0) is 6.54 Å². The van der Waals surface area contributed by atoms with Crippen molar-refractivity contribution in [1.29, 1.82) is 0 Å². The number of aromatic nitrogens is 1. The van der Waals surface area contributed by atoms with Gasteiger partial charge in [0.25, 0.3) is 0 Å². The summed E-state index contributed by atoms with van der Waals surface area (Å²) >= 11 is 6.13. The Hall–Kier alpha value is -0.680. The Morgan fingerprint density at radius 2 is 2.44 bits per heavy atom. The van der Waals surface area contributed by atoms with E-state index in [9.17, 15) is 0 Å². The fourth-order valence-corrected chi connectivity index (χ4v) is 2.56. The predicted molar refractivity (Wildman–Crippen MR) is 72.6 cm³/mol. The Morgan fingerprint density at radius 3 is 3.22 bits per heavy atom. The van der Waals surface area contributed by atoms with Gasteiger partial charge in [0.1, 0.15) is 0 Å². The molecule has 1 aromatic heterocycles. The lowest BCUT2D eigenvalue weighted by Gasteiger charge is -2.33. The number of aliphatic hydroxyl groups is 1. The van der Waals surface area contributed by atoms with E-state index in [0.29, 0.717) is 12.6 Å². The minimum absolute atomic E-state index is 0.197. The van der Waals surface area contributed by atoms with E-state index in [1.165, 1.54) is 12.8 Å².